The molecule has 170 valence electrons. The van der Waals surface area contributed by atoms with Crippen molar-refractivity contribution in [2.45, 2.75) is 31.4 Å². The Morgan fingerprint density at radius 3 is 2.41 bits per heavy atom. The average molecular weight is 464 g/mol. The van der Waals surface area contributed by atoms with Crippen LogP contribution in [0, 0.1) is 30.6 Å². The first-order valence-corrected chi connectivity index (χ1v) is 10.4. The largest absolute Gasteiger partial charge is 0.505 e. The molecule has 6 atom stereocenters. The highest BCUT2D eigenvalue weighted by Gasteiger charge is 2.69. The fraction of sp³-hybridized carbons (Fsp3) is 0.524. The van der Waals surface area contributed by atoms with E-state index in [9.17, 15) is 34.2 Å². The Hall–Kier alpha value is -2.69. The lowest BCUT2D eigenvalue weighted by Crippen LogP contribution is -2.74. The number of amides is 1. The highest BCUT2D eigenvalue weighted by atomic mass is 35.5. The topological polar surface area (TPSA) is 168 Å². The number of hydrogen-bond donors (Lipinski definition) is 3. The number of aromatic nitrogens is 1. The quantitative estimate of drug-likeness (QED) is 0.376. The van der Waals surface area contributed by atoms with Gasteiger partial charge in [0.05, 0.1) is 23.2 Å². The lowest BCUT2D eigenvalue weighted by molar-refractivity contribution is -0.181. The second kappa shape index (κ2) is 7.16. The summed E-state index contributed by atoms with van der Waals surface area (Å²) in [6.45, 7) is 1.45. The lowest BCUT2D eigenvalue weighted by atomic mass is 9.52. The molecular formula is C21H22ClN3O7. The van der Waals surface area contributed by atoms with E-state index < -0.39 is 70.1 Å². The first-order valence-electron chi connectivity index (χ1n) is 10.1. The van der Waals surface area contributed by atoms with Crippen LogP contribution in [0.4, 0.5) is 0 Å². The number of likely N-dealkylation sites (N-methyl/N-ethyl adjacent to an activating group) is 1. The minimum Gasteiger partial charge on any atom is -0.505 e. The predicted octanol–water partition coefficient (Wildman–Crippen LogP) is -0.776. The Labute approximate surface area is 187 Å². The van der Waals surface area contributed by atoms with Crippen LogP contribution in [-0.2, 0) is 25.6 Å². The van der Waals surface area contributed by atoms with Gasteiger partial charge in [-0.25, -0.2) is 4.98 Å². The molecule has 4 N–H and O–H groups in total. The number of nitrogens with two attached hydrogens (primary N) is 1. The second-order valence-electron chi connectivity index (χ2n) is 8.98. The Balaban J connectivity index is 1.89. The molecule has 2 fully saturated rings. The molecule has 0 spiro atoms. The molecule has 0 aliphatic heterocycles. The van der Waals surface area contributed by atoms with Gasteiger partial charge in [-0.15, -0.1) is 0 Å². The molecule has 32 heavy (non-hydrogen) atoms. The van der Waals surface area contributed by atoms with E-state index in [2.05, 4.69) is 4.98 Å². The molecule has 3 aliphatic rings. The van der Waals surface area contributed by atoms with Crippen LogP contribution in [0.1, 0.15) is 28.0 Å². The van der Waals surface area contributed by atoms with Crippen LogP contribution in [0.5, 0.6) is 5.75 Å². The van der Waals surface area contributed by atoms with Gasteiger partial charge in [-0.1, -0.05) is 11.6 Å². The number of nitrogens with zero attached hydrogens (tertiary/aromatic N) is 2. The van der Waals surface area contributed by atoms with Gasteiger partial charge in [0, 0.05) is 11.5 Å². The van der Waals surface area contributed by atoms with Crippen molar-refractivity contribution in [2.75, 3.05) is 14.1 Å². The number of Topliss-reactive ketones (excluding diaryl/α,β-unsaturated/α-hetero) is 4. The van der Waals surface area contributed by atoms with Gasteiger partial charge in [0.1, 0.15) is 10.9 Å². The van der Waals surface area contributed by atoms with E-state index in [1.54, 1.807) is 0 Å². The molecule has 0 aromatic carbocycles. The summed E-state index contributed by atoms with van der Waals surface area (Å²) >= 11 is 6.22. The Kier molecular flexibility index (Phi) is 5.03. The standard InChI is InChI=1S/C21H22ClN3O7/c1-6-14(26)11-8(19(22)24-6)4-7-5-9-13(25(2)3)16(28)12(20(23)31)18(30)21(9,32)17(29)10(7)15(11)27/h7,9-10,12-13,26,32H,4-5H2,1-3H3,(H2,23,31)/t7-,9-,10?,12?,13-,21-/m0/s1. The van der Waals surface area contributed by atoms with Gasteiger partial charge in [-0.3, -0.25) is 28.9 Å². The molecule has 1 amide bonds. The summed E-state index contributed by atoms with van der Waals surface area (Å²) in [7, 11) is 3.05. The minimum atomic E-state index is -2.74. The zero-order valence-electron chi connectivity index (χ0n) is 17.6. The molecular weight excluding hydrogens is 442 g/mol. The molecule has 0 bridgehead atoms. The molecule has 2 unspecified atom stereocenters. The van der Waals surface area contributed by atoms with Gasteiger partial charge in [0.2, 0.25) is 5.91 Å². The summed E-state index contributed by atoms with van der Waals surface area (Å²) in [6.07, 6.45) is 0.0559. The number of carbonyl (C=O) groups is 5. The van der Waals surface area contributed by atoms with Crippen LogP contribution < -0.4 is 5.73 Å². The fourth-order valence-electron chi connectivity index (χ4n) is 5.63. The van der Waals surface area contributed by atoms with E-state index in [0.29, 0.717) is 0 Å². The zero-order chi connectivity index (χ0) is 23.9. The van der Waals surface area contributed by atoms with Crippen molar-refractivity contribution in [3.8, 4) is 5.75 Å². The molecule has 0 radical (unpaired) electrons. The maximum Gasteiger partial charge on any atom is 0.235 e. The monoisotopic (exact) mass is 463 g/mol. The van der Waals surface area contributed by atoms with E-state index in [1.807, 2.05) is 0 Å². The molecule has 1 heterocycles. The van der Waals surface area contributed by atoms with Gasteiger partial charge in [-0.05, 0) is 39.8 Å². The molecule has 1 aromatic heterocycles. The van der Waals surface area contributed by atoms with Crippen molar-refractivity contribution >= 4 is 40.6 Å². The van der Waals surface area contributed by atoms with Gasteiger partial charge >= 0.3 is 0 Å². The van der Waals surface area contributed by atoms with Crippen LogP contribution in [-0.4, -0.2) is 74.9 Å². The summed E-state index contributed by atoms with van der Waals surface area (Å²) in [5.41, 5.74) is 2.75. The third-order valence-corrected chi connectivity index (χ3v) is 7.36. The molecule has 3 aliphatic carbocycles. The number of hydrogen-bond acceptors (Lipinski definition) is 9. The van der Waals surface area contributed by atoms with E-state index in [4.69, 9.17) is 17.3 Å². The number of fused-ring (bicyclic) bond motifs is 3. The second-order valence-corrected chi connectivity index (χ2v) is 9.34. The summed E-state index contributed by atoms with van der Waals surface area (Å²) in [6, 6.07) is -1.14. The number of rotatable bonds is 2. The SMILES string of the molecule is Cc1nc(Cl)c2c(c1O)C(=O)C1C(=O)[C@]3(O)C(=O)C(C(N)=O)C(=O)[C@@H](N(C)C)[C@@H]3C[C@@H]1C2. The maximum absolute atomic E-state index is 13.6. The fourth-order valence-corrected chi connectivity index (χ4v) is 5.93. The first-order chi connectivity index (χ1) is 14.8. The Morgan fingerprint density at radius 1 is 1.22 bits per heavy atom. The Bertz CT molecular complexity index is 1120. The third kappa shape index (κ3) is 2.72. The van der Waals surface area contributed by atoms with Gasteiger partial charge < -0.3 is 15.9 Å². The zero-order valence-corrected chi connectivity index (χ0v) is 18.3. The van der Waals surface area contributed by atoms with Crippen molar-refractivity contribution < 1.29 is 34.2 Å². The summed E-state index contributed by atoms with van der Waals surface area (Å²) < 4.78 is 0. The third-order valence-electron chi connectivity index (χ3n) is 7.05. The molecule has 2 saturated carbocycles. The van der Waals surface area contributed by atoms with Crippen LogP contribution >= 0.6 is 11.6 Å². The van der Waals surface area contributed by atoms with Crippen LogP contribution in [0.2, 0.25) is 5.15 Å². The number of halogens is 1. The predicted molar refractivity (Wildman–Crippen MR) is 109 cm³/mol. The van der Waals surface area contributed by atoms with Crippen molar-refractivity contribution in [3.05, 3.63) is 22.0 Å². The number of aliphatic hydroxyl groups is 1. The van der Waals surface area contributed by atoms with E-state index in [-0.39, 0.29) is 34.8 Å². The number of aryl methyl sites for hydroxylation is 1. The highest BCUT2D eigenvalue weighted by Crippen LogP contribution is 2.51. The van der Waals surface area contributed by atoms with Crippen LogP contribution in [0.25, 0.3) is 0 Å². The lowest BCUT2D eigenvalue weighted by Gasteiger charge is -2.52. The maximum atomic E-state index is 13.6. The smallest absolute Gasteiger partial charge is 0.235 e. The van der Waals surface area contributed by atoms with E-state index >= 15 is 0 Å². The number of primary amides is 1. The van der Waals surface area contributed by atoms with Crippen molar-refractivity contribution in [1.29, 1.82) is 0 Å². The number of pyridine rings is 1. The normalized spacial score (nSPS) is 34.2. The first kappa shape index (κ1) is 22.5. The van der Waals surface area contributed by atoms with Gasteiger partial charge in [0.25, 0.3) is 0 Å². The Morgan fingerprint density at radius 2 is 1.84 bits per heavy atom. The average Bonchev–Trinajstić information content (AvgIpc) is 2.68. The summed E-state index contributed by atoms with van der Waals surface area (Å²) in [4.78, 5) is 70.4. The highest BCUT2D eigenvalue weighted by molar-refractivity contribution is 6.33. The van der Waals surface area contributed by atoms with Crippen molar-refractivity contribution in [3.63, 3.8) is 0 Å². The van der Waals surface area contributed by atoms with Crippen molar-refractivity contribution in [1.82, 2.24) is 9.88 Å². The molecule has 1 aromatic rings. The summed E-state index contributed by atoms with van der Waals surface area (Å²) in [5.74, 6) is -10.9. The van der Waals surface area contributed by atoms with Crippen LogP contribution in [0.15, 0.2) is 0 Å². The van der Waals surface area contributed by atoms with E-state index in [1.165, 1.54) is 25.9 Å². The van der Waals surface area contributed by atoms with Gasteiger partial charge in [-0.2, -0.15) is 0 Å². The van der Waals surface area contributed by atoms with E-state index in [0.717, 1.165) is 0 Å². The minimum absolute atomic E-state index is 0.0177. The van der Waals surface area contributed by atoms with Gasteiger partial charge in [0.15, 0.2) is 34.7 Å². The van der Waals surface area contributed by atoms with Crippen molar-refractivity contribution in [2.24, 2.45) is 29.4 Å². The molecule has 4 rings (SSSR count). The number of carbonyl (C=O) groups excluding carboxylic acids is 5. The molecule has 10 nitrogen and oxygen atoms in total. The summed E-state index contributed by atoms with van der Waals surface area (Å²) in [5, 5.41) is 21.9. The number of ketones is 4. The molecule has 11 heteroatoms. The number of aromatic hydroxyl groups is 1. The molecule has 0 saturated heterocycles. The van der Waals surface area contributed by atoms with Crippen LogP contribution in [0.3, 0.4) is 0 Å².